The summed E-state index contributed by atoms with van der Waals surface area (Å²) in [5, 5.41) is 0. The molecule has 0 aromatic rings. The number of hydrogen-bond acceptors (Lipinski definition) is 4. The summed E-state index contributed by atoms with van der Waals surface area (Å²) in [4.78, 5) is 11.2. The normalized spacial score (nSPS) is 27.2. The quantitative estimate of drug-likeness (QED) is 0.484. The predicted octanol–water partition coefficient (Wildman–Crippen LogP) is 0.867. The molecule has 0 N–H and O–H groups in total. The minimum atomic E-state index is -0.519. The largest absolute Gasteiger partial charge is 0.464 e. The molecule has 1 heterocycles. The minimum Gasteiger partial charge on any atom is -0.464 e. The molecule has 4 heteroatoms. The van der Waals surface area contributed by atoms with Crippen molar-refractivity contribution in [2.24, 2.45) is 0 Å². The standard InChI is InChI=1S/C9H14O4/c1-3-12-9(10)7-5-4-6-8(11-2)13-7/h4,6-8H,3,5H2,1-2H3/t7-,8-/m0/s1. The molecule has 1 rings (SSSR count). The number of carbonyl (C=O) groups excluding carboxylic acids is 1. The third kappa shape index (κ3) is 2.82. The van der Waals surface area contributed by atoms with Gasteiger partial charge in [-0.3, -0.25) is 0 Å². The van der Waals surface area contributed by atoms with Crippen molar-refractivity contribution in [1.29, 1.82) is 0 Å². The van der Waals surface area contributed by atoms with Crippen LogP contribution in [0.2, 0.25) is 0 Å². The molecule has 1 aliphatic heterocycles. The van der Waals surface area contributed by atoms with Crippen LogP contribution < -0.4 is 0 Å². The van der Waals surface area contributed by atoms with E-state index in [4.69, 9.17) is 14.2 Å². The van der Waals surface area contributed by atoms with Crippen molar-refractivity contribution in [3.05, 3.63) is 12.2 Å². The molecule has 0 bridgehead atoms. The maximum Gasteiger partial charge on any atom is 0.335 e. The van der Waals surface area contributed by atoms with Crippen LogP contribution in [0.1, 0.15) is 13.3 Å². The molecule has 1 aliphatic rings. The van der Waals surface area contributed by atoms with Gasteiger partial charge >= 0.3 is 5.97 Å². The Morgan fingerprint density at radius 2 is 2.46 bits per heavy atom. The van der Waals surface area contributed by atoms with Gasteiger partial charge in [0.2, 0.25) is 0 Å². The van der Waals surface area contributed by atoms with E-state index in [1.807, 2.05) is 6.08 Å². The van der Waals surface area contributed by atoms with Gasteiger partial charge in [0.25, 0.3) is 0 Å². The maximum atomic E-state index is 11.2. The molecule has 0 spiro atoms. The second-order valence-corrected chi connectivity index (χ2v) is 2.64. The average Bonchev–Trinajstić information content (AvgIpc) is 2.18. The topological polar surface area (TPSA) is 44.8 Å². The summed E-state index contributed by atoms with van der Waals surface area (Å²) in [6.45, 7) is 2.14. The van der Waals surface area contributed by atoms with Crippen molar-refractivity contribution in [3.8, 4) is 0 Å². The van der Waals surface area contributed by atoms with Crippen LogP contribution in [-0.4, -0.2) is 32.1 Å². The molecule has 0 aromatic carbocycles. The van der Waals surface area contributed by atoms with E-state index in [0.717, 1.165) is 0 Å². The molecule has 0 unspecified atom stereocenters. The van der Waals surface area contributed by atoms with Crippen molar-refractivity contribution in [2.75, 3.05) is 13.7 Å². The van der Waals surface area contributed by atoms with Gasteiger partial charge in [0, 0.05) is 13.5 Å². The van der Waals surface area contributed by atoms with Crippen molar-refractivity contribution in [1.82, 2.24) is 0 Å². The monoisotopic (exact) mass is 186 g/mol. The smallest absolute Gasteiger partial charge is 0.335 e. The zero-order valence-corrected chi connectivity index (χ0v) is 7.86. The summed E-state index contributed by atoms with van der Waals surface area (Å²) in [7, 11) is 1.53. The highest BCUT2D eigenvalue weighted by Crippen LogP contribution is 2.13. The minimum absolute atomic E-state index is 0.325. The number of ether oxygens (including phenoxy) is 3. The summed E-state index contributed by atoms with van der Waals surface area (Å²) in [5.74, 6) is -0.325. The van der Waals surface area contributed by atoms with Gasteiger partial charge in [-0.1, -0.05) is 6.08 Å². The van der Waals surface area contributed by atoms with E-state index in [1.165, 1.54) is 7.11 Å². The molecule has 0 saturated heterocycles. The lowest BCUT2D eigenvalue weighted by Gasteiger charge is -2.23. The van der Waals surface area contributed by atoms with Gasteiger partial charge < -0.3 is 14.2 Å². The lowest BCUT2D eigenvalue weighted by atomic mass is 10.2. The van der Waals surface area contributed by atoms with E-state index >= 15 is 0 Å². The van der Waals surface area contributed by atoms with Crippen molar-refractivity contribution < 1.29 is 19.0 Å². The Labute approximate surface area is 77.5 Å². The Morgan fingerprint density at radius 3 is 3.08 bits per heavy atom. The van der Waals surface area contributed by atoms with Crippen LogP contribution >= 0.6 is 0 Å². The Hall–Kier alpha value is -0.870. The average molecular weight is 186 g/mol. The first-order chi connectivity index (χ1) is 6.27. The second-order valence-electron chi connectivity index (χ2n) is 2.64. The van der Waals surface area contributed by atoms with E-state index in [9.17, 15) is 4.79 Å². The first-order valence-electron chi connectivity index (χ1n) is 4.29. The third-order valence-corrected chi connectivity index (χ3v) is 1.72. The molecule has 0 fully saturated rings. The van der Waals surface area contributed by atoms with Crippen LogP contribution in [0.3, 0.4) is 0 Å². The van der Waals surface area contributed by atoms with E-state index < -0.39 is 12.4 Å². The highest BCUT2D eigenvalue weighted by Gasteiger charge is 2.25. The molecular formula is C9H14O4. The first-order valence-corrected chi connectivity index (χ1v) is 4.29. The lowest BCUT2D eigenvalue weighted by Crippen LogP contribution is -2.33. The molecule has 0 aromatic heterocycles. The number of esters is 1. The fourth-order valence-corrected chi connectivity index (χ4v) is 1.10. The molecular weight excluding hydrogens is 172 g/mol. The number of carbonyl (C=O) groups is 1. The molecule has 0 saturated carbocycles. The van der Waals surface area contributed by atoms with E-state index in [0.29, 0.717) is 13.0 Å². The van der Waals surface area contributed by atoms with Crippen LogP contribution in [0, 0.1) is 0 Å². The third-order valence-electron chi connectivity index (χ3n) is 1.72. The van der Waals surface area contributed by atoms with Crippen LogP contribution in [0.25, 0.3) is 0 Å². The van der Waals surface area contributed by atoms with E-state index in [1.54, 1.807) is 13.0 Å². The Balaban J connectivity index is 2.44. The second kappa shape index (κ2) is 4.99. The van der Waals surface area contributed by atoms with Crippen molar-refractivity contribution in [2.45, 2.75) is 25.7 Å². The molecule has 13 heavy (non-hydrogen) atoms. The molecule has 0 radical (unpaired) electrons. The summed E-state index contributed by atoms with van der Waals surface area (Å²) in [5.41, 5.74) is 0. The molecule has 0 amide bonds. The lowest BCUT2D eigenvalue weighted by molar-refractivity contribution is -0.177. The van der Waals surface area contributed by atoms with Gasteiger partial charge in [0.1, 0.15) is 0 Å². The first kappa shape index (κ1) is 10.2. The highest BCUT2D eigenvalue weighted by molar-refractivity contribution is 5.75. The van der Waals surface area contributed by atoms with Gasteiger partial charge in [-0.15, -0.1) is 0 Å². The summed E-state index contributed by atoms with van der Waals surface area (Å²) in [6.07, 6.45) is 3.24. The van der Waals surface area contributed by atoms with Gasteiger partial charge in [0.05, 0.1) is 6.61 Å². The number of hydrogen-bond donors (Lipinski definition) is 0. The van der Waals surface area contributed by atoms with Gasteiger partial charge in [0.15, 0.2) is 12.4 Å². The van der Waals surface area contributed by atoms with E-state index in [-0.39, 0.29) is 5.97 Å². The van der Waals surface area contributed by atoms with Crippen molar-refractivity contribution >= 4 is 5.97 Å². The van der Waals surface area contributed by atoms with Gasteiger partial charge in [-0.25, -0.2) is 4.79 Å². The summed E-state index contributed by atoms with van der Waals surface area (Å²) < 4.78 is 15.0. The fraction of sp³-hybridized carbons (Fsp3) is 0.667. The Bertz CT molecular complexity index is 200. The summed E-state index contributed by atoms with van der Waals surface area (Å²) in [6, 6.07) is 0. The van der Waals surface area contributed by atoms with Gasteiger partial charge in [-0.2, -0.15) is 0 Å². The fourth-order valence-electron chi connectivity index (χ4n) is 1.10. The Kier molecular flexibility index (Phi) is 3.92. The predicted molar refractivity (Wildman–Crippen MR) is 46.1 cm³/mol. The highest BCUT2D eigenvalue weighted by atomic mass is 16.7. The molecule has 2 atom stereocenters. The van der Waals surface area contributed by atoms with Gasteiger partial charge in [-0.05, 0) is 13.0 Å². The zero-order chi connectivity index (χ0) is 9.68. The van der Waals surface area contributed by atoms with E-state index in [2.05, 4.69) is 0 Å². The Morgan fingerprint density at radius 1 is 1.69 bits per heavy atom. The molecule has 74 valence electrons. The number of rotatable bonds is 3. The number of methoxy groups -OCH3 is 1. The molecule has 4 nitrogen and oxygen atoms in total. The van der Waals surface area contributed by atoms with Crippen molar-refractivity contribution in [3.63, 3.8) is 0 Å². The van der Waals surface area contributed by atoms with Crippen LogP contribution in [0.4, 0.5) is 0 Å². The SMILES string of the molecule is CCOC(=O)[C@@H]1CC=C[C@@H](OC)O1. The van der Waals surface area contributed by atoms with Crippen LogP contribution in [0.15, 0.2) is 12.2 Å². The molecule has 0 aliphatic carbocycles. The maximum absolute atomic E-state index is 11.2. The van der Waals surface area contributed by atoms with Crippen LogP contribution in [-0.2, 0) is 19.0 Å². The zero-order valence-electron chi connectivity index (χ0n) is 7.86. The summed E-state index contributed by atoms with van der Waals surface area (Å²) >= 11 is 0. The van der Waals surface area contributed by atoms with Crippen LogP contribution in [0.5, 0.6) is 0 Å².